The molecule has 0 aliphatic carbocycles. The fourth-order valence-electron chi connectivity index (χ4n) is 3.63. The van der Waals surface area contributed by atoms with Crippen molar-refractivity contribution in [2.45, 2.75) is 37.6 Å². The van der Waals surface area contributed by atoms with Gasteiger partial charge in [0, 0.05) is 64.4 Å². The van der Waals surface area contributed by atoms with Crippen LogP contribution in [0.1, 0.15) is 17.5 Å². The molecule has 0 amide bonds. The van der Waals surface area contributed by atoms with Crippen LogP contribution in [0.25, 0.3) is 10.9 Å². The minimum Gasteiger partial charge on any atom is -0.368 e. The maximum atomic E-state index is 11.0. The number of nitrogens with zero attached hydrogens (tertiary/aromatic N) is 3. The number of hydrogen-bond acceptors (Lipinski definition) is 5. The molecule has 1 fully saturated rings. The van der Waals surface area contributed by atoms with E-state index in [-0.39, 0.29) is 10.9 Å². The maximum Gasteiger partial charge on any atom is 0.137 e. The number of piperazine rings is 1. The molecule has 2 heterocycles. The number of benzene rings is 1. The zero-order chi connectivity index (χ0) is 21.0. The fourth-order valence-corrected chi connectivity index (χ4v) is 4.81. The third kappa shape index (κ3) is 6.13. The number of aromatic nitrogens is 2. The lowest BCUT2D eigenvalue weighted by molar-refractivity contribution is -0.111. The van der Waals surface area contributed by atoms with Gasteiger partial charge in [-0.2, -0.15) is 5.10 Å². The average Bonchev–Trinajstić information content (AvgIpc) is 3.15. The first-order chi connectivity index (χ1) is 13.8. The Bertz CT molecular complexity index is 815. The number of aldehydes is 1. The van der Waals surface area contributed by atoms with Crippen LogP contribution in [0.15, 0.2) is 18.3 Å². The number of H-pyrrole nitrogens is 1. The monoisotopic (exact) mass is 480 g/mol. The molecule has 1 aromatic carbocycles. The molecular formula is C21H33BrN4O2Si. The van der Waals surface area contributed by atoms with Crippen molar-refractivity contribution in [2.24, 2.45) is 5.92 Å². The van der Waals surface area contributed by atoms with Gasteiger partial charge in [0.2, 0.25) is 0 Å². The molecule has 1 saturated heterocycles. The largest absolute Gasteiger partial charge is 0.368 e. The Labute approximate surface area is 183 Å². The van der Waals surface area contributed by atoms with Gasteiger partial charge in [-0.25, -0.2) is 0 Å². The Morgan fingerprint density at radius 3 is 2.66 bits per heavy atom. The molecule has 3 rings (SSSR count). The molecular weight excluding hydrogens is 448 g/mol. The molecule has 6 nitrogen and oxygen atoms in total. The minimum absolute atomic E-state index is 0.0907. The van der Waals surface area contributed by atoms with Crippen LogP contribution in [-0.2, 0) is 9.53 Å². The van der Waals surface area contributed by atoms with Crippen molar-refractivity contribution >= 4 is 46.9 Å². The standard InChI is InChI=1S/C21H33BrN4O2Si/c1-16(15-27)14-25-5-7-26(8-6-25)20-12-17(11-19-18(20)13-23-24-19)21(22)28-9-10-29(2,3)4/h11-13,15-16,21H,5-10,14H2,1-4H3,(H,23,24)/t16?,21-/m0/s1. The lowest BCUT2D eigenvalue weighted by Gasteiger charge is -2.37. The lowest BCUT2D eigenvalue weighted by atomic mass is 10.1. The van der Waals surface area contributed by atoms with Crippen molar-refractivity contribution in [2.75, 3.05) is 44.2 Å². The molecule has 2 aromatic rings. The van der Waals surface area contributed by atoms with Gasteiger partial charge in [-0.05, 0) is 23.7 Å². The first kappa shape index (κ1) is 22.5. The highest BCUT2D eigenvalue weighted by molar-refractivity contribution is 9.09. The van der Waals surface area contributed by atoms with E-state index in [1.807, 2.05) is 13.1 Å². The Morgan fingerprint density at radius 1 is 1.28 bits per heavy atom. The van der Waals surface area contributed by atoms with E-state index in [1.54, 1.807) is 0 Å². The highest BCUT2D eigenvalue weighted by Crippen LogP contribution is 2.34. The van der Waals surface area contributed by atoms with Crippen LogP contribution in [0.4, 0.5) is 5.69 Å². The average molecular weight is 482 g/mol. The van der Waals surface area contributed by atoms with E-state index in [9.17, 15) is 4.79 Å². The van der Waals surface area contributed by atoms with Gasteiger partial charge in [-0.15, -0.1) is 0 Å². The summed E-state index contributed by atoms with van der Waals surface area (Å²) in [7, 11) is -1.11. The molecule has 2 atom stereocenters. The van der Waals surface area contributed by atoms with E-state index in [0.29, 0.717) is 0 Å². The van der Waals surface area contributed by atoms with Gasteiger partial charge in [-0.3, -0.25) is 10.00 Å². The number of halogens is 1. The van der Waals surface area contributed by atoms with E-state index in [2.05, 4.69) is 67.7 Å². The van der Waals surface area contributed by atoms with Crippen LogP contribution in [0, 0.1) is 5.92 Å². The number of ether oxygens (including phenoxy) is 1. The number of anilines is 1. The molecule has 1 N–H and O–H groups in total. The van der Waals surface area contributed by atoms with Gasteiger partial charge >= 0.3 is 0 Å². The second-order valence-corrected chi connectivity index (χ2v) is 15.7. The Morgan fingerprint density at radius 2 is 2.00 bits per heavy atom. The number of rotatable bonds is 9. The second-order valence-electron chi connectivity index (χ2n) is 9.27. The summed E-state index contributed by atoms with van der Waals surface area (Å²) in [6, 6.07) is 5.51. The molecule has 1 unspecified atom stereocenters. The van der Waals surface area contributed by atoms with Crippen LogP contribution >= 0.6 is 15.9 Å². The van der Waals surface area contributed by atoms with Gasteiger partial charge in [0.15, 0.2) is 0 Å². The number of fused-ring (bicyclic) bond motifs is 1. The number of carbonyl (C=O) groups excluding carboxylic acids is 1. The number of nitrogens with one attached hydrogen (secondary N) is 1. The summed E-state index contributed by atoms with van der Waals surface area (Å²) in [4.78, 5) is 15.7. The predicted octanol–water partition coefficient (Wildman–Crippen LogP) is 4.27. The number of carbonyl (C=O) groups is 1. The van der Waals surface area contributed by atoms with Crippen molar-refractivity contribution in [3.05, 3.63) is 23.9 Å². The van der Waals surface area contributed by atoms with Gasteiger partial charge in [0.05, 0.1) is 11.7 Å². The third-order valence-electron chi connectivity index (χ3n) is 5.43. The normalized spacial score (nSPS) is 18.2. The molecule has 29 heavy (non-hydrogen) atoms. The zero-order valence-corrected chi connectivity index (χ0v) is 20.5. The van der Waals surface area contributed by atoms with Crippen LogP contribution in [0.5, 0.6) is 0 Å². The van der Waals surface area contributed by atoms with Gasteiger partial charge in [0.1, 0.15) is 11.3 Å². The molecule has 0 radical (unpaired) electrons. The summed E-state index contributed by atoms with van der Waals surface area (Å²) in [6.45, 7) is 14.5. The van der Waals surface area contributed by atoms with E-state index in [0.717, 1.165) is 68.1 Å². The molecule has 160 valence electrons. The van der Waals surface area contributed by atoms with E-state index < -0.39 is 8.07 Å². The fraction of sp³-hybridized carbons (Fsp3) is 0.619. The van der Waals surface area contributed by atoms with Crippen molar-refractivity contribution in [1.29, 1.82) is 0 Å². The van der Waals surface area contributed by atoms with Gasteiger partial charge < -0.3 is 14.4 Å². The van der Waals surface area contributed by atoms with Crippen molar-refractivity contribution in [1.82, 2.24) is 15.1 Å². The summed E-state index contributed by atoms with van der Waals surface area (Å²) < 4.78 is 6.10. The maximum absolute atomic E-state index is 11.0. The topological polar surface area (TPSA) is 61.5 Å². The first-order valence-electron chi connectivity index (χ1n) is 10.4. The minimum atomic E-state index is -1.11. The predicted molar refractivity (Wildman–Crippen MR) is 126 cm³/mol. The van der Waals surface area contributed by atoms with Crippen LogP contribution in [-0.4, -0.2) is 68.8 Å². The molecule has 1 aliphatic heterocycles. The Kier molecular flexibility index (Phi) is 7.53. The van der Waals surface area contributed by atoms with Crippen molar-refractivity contribution in [3.8, 4) is 0 Å². The smallest absolute Gasteiger partial charge is 0.137 e. The number of alkyl halides is 1. The summed E-state index contributed by atoms with van der Waals surface area (Å²) in [5, 5.41) is 8.41. The number of aromatic amines is 1. The Balaban J connectivity index is 1.71. The van der Waals surface area contributed by atoms with Crippen molar-refractivity contribution in [3.63, 3.8) is 0 Å². The van der Waals surface area contributed by atoms with Crippen LogP contribution < -0.4 is 4.90 Å². The molecule has 1 aromatic heterocycles. The molecule has 0 bridgehead atoms. The highest BCUT2D eigenvalue weighted by atomic mass is 79.9. The third-order valence-corrected chi connectivity index (χ3v) is 7.93. The number of hydrogen-bond donors (Lipinski definition) is 1. The molecule has 0 spiro atoms. The summed E-state index contributed by atoms with van der Waals surface area (Å²) in [5.41, 5.74) is 3.35. The van der Waals surface area contributed by atoms with Crippen molar-refractivity contribution < 1.29 is 9.53 Å². The van der Waals surface area contributed by atoms with Crippen LogP contribution in [0.3, 0.4) is 0 Å². The zero-order valence-electron chi connectivity index (χ0n) is 17.9. The molecule has 0 saturated carbocycles. The Hall–Kier alpha value is -1.22. The summed E-state index contributed by atoms with van der Waals surface area (Å²) >= 11 is 3.73. The quantitative estimate of drug-likeness (QED) is 0.329. The molecule has 8 heteroatoms. The SMILES string of the molecule is CC(C=O)CN1CCN(c2cc([C@@H](Br)OCC[Si](C)(C)C)cc3[nH]ncc23)CC1. The van der Waals surface area contributed by atoms with E-state index >= 15 is 0 Å². The first-order valence-corrected chi connectivity index (χ1v) is 15.0. The summed E-state index contributed by atoms with van der Waals surface area (Å²) in [5.74, 6) is 0.0907. The second kappa shape index (κ2) is 9.72. The van der Waals surface area contributed by atoms with E-state index in [4.69, 9.17) is 4.74 Å². The highest BCUT2D eigenvalue weighted by Gasteiger charge is 2.22. The van der Waals surface area contributed by atoms with E-state index in [1.165, 1.54) is 5.69 Å². The molecule has 1 aliphatic rings. The van der Waals surface area contributed by atoms with Crippen LogP contribution in [0.2, 0.25) is 25.7 Å². The lowest BCUT2D eigenvalue weighted by Crippen LogP contribution is -2.47. The summed E-state index contributed by atoms with van der Waals surface area (Å²) in [6.07, 6.45) is 2.95. The van der Waals surface area contributed by atoms with Gasteiger partial charge in [0.25, 0.3) is 0 Å². The van der Waals surface area contributed by atoms with Gasteiger partial charge in [-0.1, -0.05) is 42.5 Å².